The second kappa shape index (κ2) is 4.99. The normalized spacial score (nSPS) is 32.2. The predicted molar refractivity (Wildman–Crippen MR) is 72.4 cm³/mol. The fourth-order valence-electron chi connectivity index (χ4n) is 3.02. The first-order valence-corrected chi connectivity index (χ1v) is 7.27. The summed E-state index contributed by atoms with van der Waals surface area (Å²) in [7, 11) is 0. The van der Waals surface area contributed by atoms with Crippen LogP contribution in [0.2, 0.25) is 0 Å². The average molecular weight is 296 g/mol. The highest BCUT2D eigenvalue weighted by molar-refractivity contribution is 9.10. The summed E-state index contributed by atoms with van der Waals surface area (Å²) in [5.74, 6) is 0.998. The van der Waals surface area contributed by atoms with Crippen LogP contribution in [0.4, 0.5) is 0 Å². The lowest BCUT2D eigenvalue weighted by molar-refractivity contribution is 0.0927. The monoisotopic (exact) mass is 295 g/mol. The number of halogens is 1. The van der Waals surface area contributed by atoms with Crippen LogP contribution in [0.15, 0.2) is 28.7 Å². The summed E-state index contributed by atoms with van der Waals surface area (Å²) >= 11 is 3.44. The molecule has 2 nitrogen and oxygen atoms in total. The molecule has 2 bridgehead atoms. The molecule has 3 rings (SSSR count). The Kier molecular flexibility index (Phi) is 3.39. The quantitative estimate of drug-likeness (QED) is 0.902. The van der Waals surface area contributed by atoms with E-state index in [0.29, 0.717) is 18.2 Å². The van der Waals surface area contributed by atoms with Crippen molar-refractivity contribution in [3.05, 3.63) is 28.7 Å². The van der Waals surface area contributed by atoms with Gasteiger partial charge in [-0.25, -0.2) is 0 Å². The third-order valence-electron chi connectivity index (χ3n) is 3.79. The molecule has 1 aromatic rings. The van der Waals surface area contributed by atoms with Crippen molar-refractivity contribution >= 4 is 15.9 Å². The van der Waals surface area contributed by atoms with Crippen LogP contribution in [0.3, 0.4) is 0 Å². The summed E-state index contributed by atoms with van der Waals surface area (Å²) in [6.45, 7) is 0. The first-order valence-electron chi connectivity index (χ1n) is 6.48. The second-order valence-corrected chi connectivity index (χ2v) is 6.07. The van der Waals surface area contributed by atoms with Gasteiger partial charge in [0.1, 0.15) is 11.9 Å². The lowest BCUT2D eigenvalue weighted by atomic mass is 9.85. The predicted octanol–water partition coefficient (Wildman–Crippen LogP) is 3.50. The summed E-state index contributed by atoms with van der Waals surface area (Å²) in [6.07, 6.45) is 6.73. The Labute approximate surface area is 111 Å². The highest BCUT2D eigenvalue weighted by atomic mass is 79.9. The van der Waals surface area contributed by atoms with E-state index in [1.807, 2.05) is 24.3 Å². The maximum absolute atomic E-state index is 6.09. The Hall–Kier alpha value is -0.540. The van der Waals surface area contributed by atoms with Crippen molar-refractivity contribution in [3.8, 4) is 5.75 Å². The van der Waals surface area contributed by atoms with E-state index in [1.54, 1.807) is 0 Å². The van der Waals surface area contributed by atoms with Gasteiger partial charge >= 0.3 is 0 Å². The molecule has 2 atom stereocenters. The van der Waals surface area contributed by atoms with Gasteiger partial charge in [-0.1, -0.05) is 22.4 Å². The molecule has 0 spiro atoms. The minimum absolute atomic E-state index is 0.396. The van der Waals surface area contributed by atoms with Crippen molar-refractivity contribution in [2.24, 2.45) is 0 Å². The molecule has 0 aromatic heterocycles. The minimum Gasteiger partial charge on any atom is -0.490 e. The molecule has 0 saturated carbocycles. The van der Waals surface area contributed by atoms with Gasteiger partial charge in [0.2, 0.25) is 0 Å². The molecule has 0 radical (unpaired) electrons. The van der Waals surface area contributed by atoms with Gasteiger partial charge < -0.3 is 10.1 Å². The number of fused-ring (bicyclic) bond motifs is 2. The standard InChI is InChI=1S/C14H18BrNO/c15-10-4-6-13(7-5-10)17-14-8-11-2-1-3-12(9-14)16-11/h4-7,11-12,14,16H,1-3,8-9H2. The van der Waals surface area contributed by atoms with Crippen LogP contribution in [0.5, 0.6) is 5.75 Å². The number of nitrogens with one attached hydrogen (secondary N) is 1. The summed E-state index contributed by atoms with van der Waals surface area (Å²) < 4.78 is 7.19. The average Bonchev–Trinajstić information content (AvgIpc) is 2.32. The first-order chi connectivity index (χ1) is 8.29. The minimum atomic E-state index is 0.396. The lowest BCUT2D eigenvalue weighted by Gasteiger charge is -2.40. The molecule has 2 aliphatic heterocycles. The smallest absolute Gasteiger partial charge is 0.119 e. The zero-order chi connectivity index (χ0) is 11.7. The number of hydrogen-bond donors (Lipinski definition) is 1. The van der Waals surface area contributed by atoms with Crippen molar-refractivity contribution < 1.29 is 4.74 Å². The highest BCUT2D eigenvalue weighted by Gasteiger charge is 2.32. The Bertz CT molecular complexity index is 366. The van der Waals surface area contributed by atoms with E-state index in [9.17, 15) is 0 Å². The SMILES string of the molecule is Brc1ccc(OC2CC3CCCC(C2)N3)cc1. The number of ether oxygens (including phenoxy) is 1. The van der Waals surface area contributed by atoms with Gasteiger partial charge in [-0.05, 0) is 49.9 Å². The number of piperidine rings is 2. The molecule has 0 aliphatic carbocycles. The molecule has 1 aromatic carbocycles. The fraction of sp³-hybridized carbons (Fsp3) is 0.571. The van der Waals surface area contributed by atoms with Gasteiger partial charge in [-0.3, -0.25) is 0 Å². The van der Waals surface area contributed by atoms with Gasteiger partial charge in [-0.2, -0.15) is 0 Å². The summed E-state index contributed by atoms with van der Waals surface area (Å²) in [5.41, 5.74) is 0. The summed E-state index contributed by atoms with van der Waals surface area (Å²) in [5, 5.41) is 3.69. The third kappa shape index (κ3) is 2.83. The van der Waals surface area contributed by atoms with E-state index in [-0.39, 0.29) is 0 Å². The lowest BCUT2D eigenvalue weighted by Crippen LogP contribution is -2.51. The maximum atomic E-state index is 6.09. The Morgan fingerprint density at radius 2 is 1.71 bits per heavy atom. The fourth-order valence-corrected chi connectivity index (χ4v) is 3.28. The van der Waals surface area contributed by atoms with Crippen molar-refractivity contribution in [1.82, 2.24) is 5.32 Å². The third-order valence-corrected chi connectivity index (χ3v) is 4.32. The molecule has 3 heteroatoms. The van der Waals surface area contributed by atoms with Crippen molar-refractivity contribution in [3.63, 3.8) is 0 Å². The molecule has 2 aliphatic rings. The molecule has 2 saturated heterocycles. The van der Waals surface area contributed by atoms with Crippen LogP contribution in [-0.4, -0.2) is 18.2 Å². The van der Waals surface area contributed by atoms with E-state index >= 15 is 0 Å². The number of hydrogen-bond acceptors (Lipinski definition) is 2. The van der Waals surface area contributed by atoms with Crippen LogP contribution < -0.4 is 10.1 Å². The topological polar surface area (TPSA) is 21.3 Å². The Morgan fingerprint density at radius 3 is 2.35 bits per heavy atom. The molecule has 17 heavy (non-hydrogen) atoms. The van der Waals surface area contributed by atoms with Crippen LogP contribution in [-0.2, 0) is 0 Å². The van der Waals surface area contributed by atoms with Gasteiger partial charge in [0.25, 0.3) is 0 Å². The van der Waals surface area contributed by atoms with Gasteiger partial charge in [0.15, 0.2) is 0 Å². The van der Waals surface area contributed by atoms with E-state index in [1.165, 1.54) is 19.3 Å². The molecule has 1 N–H and O–H groups in total. The van der Waals surface area contributed by atoms with Crippen LogP contribution in [0, 0.1) is 0 Å². The van der Waals surface area contributed by atoms with Crippen LogP contribution >= 0.6 is 15.9 Å². The van der Waals surface area contributed by atoms with Crippen molar-refractivity contribution in [1.29, 1.82) is 0 Å². The Morgan fingerprint density at radius 1 is 1.06 bits per heavy atom. The van der Waals surface area contributed by atoms with Crippen molar-refractivity contribution in [2.75, 3.05) is 0 Å². The van der Waals surface area contributed by atoms with E-state index in [0.717, 1.165) is 23.1 Å². The highest BCUT2D eigenvalue weighted by Crippen LogP contribution is 2.28. The molecule has 92 valence electrons. The zero-order valence-electron chi connectivity index (χ0n) is 9.86. The largest absolute Gasteiger partial charge is 0.490 e. The van der Waals surface area contributed by atoms with Gasteiger partial charge in [0.05, 0.1) is 0 Å². The van der Waals surface area contributed by atoms with Gasteiger partial charge in [0, 0.05) is 16.6 Å². The molecule has 2 fully saturated rings. The van der Waals surface area contributed by atoms with E-state index in [2.05, 4.69) is 21.2 Å². The summed E-state index contributed by atoms with van der Waals surface area (Å²) in [6, 6.07) is 9.53. The zero-order valence-corrected chi connectivity index (χ0v) is 11.4. The molecule has 2 heterocycles. The summed E-state index contributed by atoms with van der Waals surface area (Å²) in [4.78, 5) is 0. The van der Waals surface area contributed by atoms with Gasteiger partial charge in [-0.15, -0.1) is 0 Å². The first kappa shape index (κ1) is 11.5. The number of benzene rings is 1. The number of rotatable bonds is 2. The van der Waals surface area contributed by atoms with Crippen LogP contribution in [0.1, 0.15) is 32.1 Å². The molecular weight excluding hydrogens is 278 g/mol. The van der Waals surface area contributed by atoms with Crippen molar-refractivity contribution in [2.45, 2.75) is 50.3 Å². The molecule has 0 amide bonds. The maximum Gasteiger partial charge on any atom is 0.119 e. The molecule has 2 unspecified atom stereocenters. The Balaban J connectivity index is 1.63. The van der Waals surface area contributed by atoms with E-state index < -0.39 is 0 Å². The van der Waals surface area contributed by atoms with E-state index in [4.69, 9.17) is 4.74 Å². The van der Waals surface area contributed by atoms with Crippen LogP contribution in [0.25, 0.3) is 0 Å². The second-order valence-electron chi connectivity index (χ2n) is 5.16. The molecular formula is C14H18BrNO.